The number of hydrogen-bond acceptors (Lipinski definition) is 4. The number of rotatable bonds is 6. The van der Waals surface area contributed by atoms with Gasteiger partial charge in [0.25, 0.3) is 0 Å². The van der Waals surface area contributed by atoms with Gasteiger partial charge in [-0.1, -0.05) is 20.3 Å². The number of piperidine rings is 1. The van der Waals surface area contributed by atoms with E-state index in [1.807, 2.05) is 0 Å². The topological polar surface area (TPSA) is 79.3 Å². The van der Waals surface area contributed by atoms with E-state index < -0.39 is 0 Å². The first kappa shape index (κ1) is 17.5. The largest absolute Gasteiger partial charge is 0.358 e. The fourth-order valence-corrected chi connectivity index (χ4v) is 3.04. The Morgan fingerprint density at radius 3 is 2.57 bits per heavy atom. The van der Waals surface area contributed by atoms with Crippen molar-refractivity contribution in [3.63, 3.8) is 0 Å². The lowest BCUT2D eigenvalue weighted by Gasteiger charge is -2.35. The quantitative estimate of drug-likeness (QED) is 0.822. The Morgan fingerprint density at radius 1 is 1.26 bits per heavy atom. The van der Waals surface area contributed by atoms with E-state index in [1.54, 1.807) is 19.4 Å². The van der Waals surface area contributed by atoms with E-state index in [0.29, 0.717) is 5.69 Å². The lowest BCUT2D eigenvalue weighted by molar-refractivity contribution is -0.123. The van der Waals surface area contributed by atoms with E-state index in [2.05, 4.69) is 34.5 Å². The molecule has 0 radical (unpaired) electrons. The molecule has 1 saturated heterocycles. The molecule has 1 aromatic rings. The summed E-state index contributed by atoms with van der Waals surface area (Å²) >= 11 is 0. The van der Waals surface area contributed by atoms with Gasteiger partial charge in [0.2, 0.25) is 11.8 Å². The van der Waals surface area contributed by atoms with Crippen LogP contribution in [0.5, 0.6) is 0 Å². The molecule has 0 aromatic carbocycles. The zero-order chi connectivity index (χ0) is 16.8. The van der Waals surface area contributed by atoms with Crippen LogP contribution < -0.4 is 10.6 Å². The molecule has 1 aromatic heterocycles. The first-order valence-electron chi connectivity index (χ1n) is 8.29. The number of carbonyl (C=O) groups excluding carboxylic acids is 2. The smallest absolute Gasteiger partial charge is 0.242 e. The monoisotopic (exact) mass is 321 g/mol. The third-order valence-electron chi connectivity index (χ3n) is 4.17. The molecule has 1 aliphatic rings. The van der Waals surface area contributed by atoms with Gasteiger partial charge in [-0.25, -0.2) is 0 Å². The molecule has 2 N–H and O–H groups in total. The summed E-state index contributed by atoms with van der Waals surface area (Å²) < 4.78 is 1.51. The van der Waals surface area contributed by atoms with Crippen molar-refractivity contribution < 1.29 is 9.59 Å². The molecule has 1 fully saturated rings. The third kappa shape index (κ3) is 4.79. The lowest BCUT2D eigenvalue weighted by Crippen LogP contribution is -2.49. The Hall–Kier alpha value is -1.89. The molecule has 0 aliphatic carbocycles. The van der Waals surface area contributed by atoms with Crippen molar-refractivity contribution >= 4 is 17.5 Å². The van der Waals surface area contributed by atoms with Crippen LogP contribution in [0.4, 0.5) is 5.69 Å². The highest BCUT2D eigenvalue weighted by molar-refractivity contribution is 5.94. The van der Waals surface area contributed by atoms with Crippen molar-refractivity contribution in [1.29, 1.82) is 0 Å². The van der Waals surface area contributed by atoms with Gasteiger partial charge in [0.05, 0.1) is 17.9 Å². The molecule has 2 amide bonds. The third-order valence-corrected chi connectivity index (χ3v) is 4.17. The van der Waals surface area contributed by atoms with Gasteiger partial charge in [0.15, 0.2) is 0 Å². The number of anilines is 1. The normalized spacial score (nSPS) is 17.0. The van der Waals surface area contributed by atoms with Gasteiger partial charge in [0.1, 0.15) is 6.54 Å². The first-order chi connectivity index (χ1) is 11.0. The molecule has 1 atom stereocenters. The molecule has 0 saturated carbocycles. The Labute approximate surface area is 137 Å². The van der Waals surface area contributed by atoms with Gasteiger partial charge in [-0.2, -0.15) is 5.10 Å². The molecular formula is C16H27N5O2. The van der Waals surface area contributed by atoms with Crippen molar-refractivity contribution in [2.75, 3.05) is 25.5 Å². The highest BCUT2D eigenvalue weighted by atomic mass is 16.2. The SMILES string of the molecule is CNC(=O)Cn1cc(NC(=O)C(C(C)C)N2CCCCC2)cn1. The zero-order valence-electron chi connectivity index (χ0n) is 14.2. The number of hydrogen-bond donors (Lipinski definition) is 2. The van der Waals surface area contributed by atoms with E-state index in [0.717, 1.165) is 25.9 Å². The Bertz CT molecular complexity index is 534. The van der Waals surface area contributed by atoms with Crippen LogP contribution in [0.25, 0.3) is 0 Å². The highest BCUT2D eigenvalue weighted by Crippen LogP contribution is 2.19. The van der Waals surface area contributed by atoms with E-state index in [-0.39, 0.29) is 30.3 Å². The first-order valence-corrected chi connectivity index (χ1v) is 8.29. The molecule has 2 heterocycles. The van der Waals surface area contributed by atoms with Gasteiger partial charge in [-0.05, 0) is 31.8 Å². The van der Waals surface area contributed by atoms with E-state index in [9.17, 15) is 9.59 Å². The minimum Gasteiger partial charge on any atom is -0.358 e. The van der Waals surface area contributed by atoms with Gasteiger partial charge in [-0.3, -0.25) is 19.2 Å². The maximum absolute atomic E-state index is 12.7. The molecule has 128 valence electrons. The van der Waals surface area contributed by atoms with Crippen LogP contribution in [0.1, 0.15) is 33.1 Å². The predicted octanol–water partition coefficient (Wildman–Crippen LogP) is 1.08. The molecule has 0 bridgehead atoms. The summed E-state index contributed by atoms with van der Waals surface area (Å²) in [4.78, 5) is 26.3. The summed E-state index contributed by atoms with van der Waals surface area (Å²) in [5.74, 6) is 0.120. The minimum atomic E-state index is -0.127. The predicted molar refractivity (Wildman–Crippen MR) is 89.0 cm³/mol. The number of nitrogens with one attached hydrogen (secondary N) is 2. The Kier molecular flexibility index (Phi) is 6.15. The summed E-state index contributed by atoms with van der Waals surface area (Å²) in [6.45, 7) is 6.26. The van der Waals surface area contributed by atoms with Crippen molar-refractivity contribution in [2.45, 2.75) is 45.7 Å². The second-order valence-corrected chi connectivity index (χ2v) is 6.37. The number of aromatic nitrogens is 2. The van der Waals surface area contributed by atoms with Crippen LogP contribution in [-0.4, -0.2) is 52.7 Å². The number of likely N-dealkylation sites (tertiary alicyclic amines) is 1. The average molecular weight is 321 g/mol. The number of likely N-dealkylation sites (N-methyl/N-ethyl adjacent to an activating group) is 1. The Morgan fingerprint density at radius 2 is 1.96 bits per heavy atom. The van der Waals surface area contributed by atoms with Crippen LogP contribution in [0.3, 0.4) is 0 Å². The van der Waals surface area contributed by atoms with Gasteiger partial charge < -0.3 is 10.6 Å². The Balaban J connectivity index is 1.99. The maximum Gasteiger partial charge on any atom is 0.242 e. The summed E-state index contributed by atoms with van der Waals surface area (Å²) in [5, 5.41) is 9.58. The molecule has 0 spiro atoms. The van der Waals surface area contributed by atoms with Crippen LogP contribution >= 0.6 is 0 Å². The van der Waals surface area contributed by atoms with Gasteiger partial charge in [-0.15, -0.1) is 0 Å². The summed E-state index contributed by atoms with van der Waals surface area (Å²) in [6, 6.07) is -0.127. The van der Waals surface area contributed by atoms with Crippen molar-refractivity contribution in [2.24, 2.45) is 5.92 Å². The molecule has 7 heteroatoms. The van der Waals surface area contributed by atoms with Crippen LogP contribution in [0.2, 0.25) is 0 Å². The van der Waals surface area contributed by atoms with Crippen molar-refractivity contribution in [3.8, 4) is 0 Å². The highest BCUT2D eigenvalue weighted by Gasteiger charge is 2.30. The summed E-state index contributed by atoms with van der Waals surface area (Å²) in [5.41, 5.74) is 0.626. The second kappa shape index (κ2) is 8.10. The fraction of sp³-hybridized carbons (Fsp3) is 0.688. The molecular weight excluding hydrogens is 294 g/mol. The standard InChI is InChI=1S/C16H27N5O2/c1-12(2)15(20-7-5-4-6-8-20)16(23)19-13-9-18-21(10-13)11-14(22)17-3/h9-10,12,15H,4-8,11H2,1-3H3,(H,17,22)(H,19,23). The van der Waals surface area contributed by atoms with E-state index in [4.69, 9.17) is 0 Å². The average Bonchev–Trinajstić information content (AvgIpc) is 2.94. The second-order valence-electron chi connectivity index (χ2n) is 6.37. The molecule has 2 rings (SSSR count). The van der Waals surface area contributed by atoms with Crippen LogP contribution in [0.15, 0.2) is 12.4 Å². The van der Waals surface area contributed by atoms with Gasteiger partial charge in [0, 0.05) is 13.2 Å². The van der Waals surface area contributed by atoms with Gasteiger partial charge >= 0.3 is 0 Å². The minimum absolute atomic E-state index is 0.00129. The van der Waals surface area contributed by atoms with Crippen LogP contribution in [-0.2, 0) is 16.1 Å². The van der Waals surface area contributed by atoms with E-state index in [1.165, 1.54) is 11.1 Å². The zero-order valence-corrected chi connectivity index (χ0v) is 14.2. The number of nitrogens with zero attached hydrogens (tertiary/aromatic N) is 3. The molecule has 1 aliphatic heterocycles. The molecule has 1 unspecified atom stereocenters. The molecule has 23 heavy (non-hydrogen) atoms. The number of amides is 2. The van der Waals surface area contributed by atoms with Crippen molar-refractivity contribution in [3.05, 3.63) is 12.4 Å². The van der Waals surface area contributed by atoms with E-state index >= 15 is 0 Å². The van der Waals surface area contributed by atoms with Crippen molar-refractivity contribution in [1.82, 2.24) is 20.0 Å². The maximum atomic E-state index is 12.7. The van der Waals surface area contributed by atoms with Crippen LogP contribution in [0, 0.1) is 5.92 Å². The lowest BCUT2D eigenvalue weighted by atomic mass is 9.98. The fourth-order valence-electron chi connectivity index (χ4n) is 3.04. The molecule has 7 nitrogen and oxygen atoms in total. The number of carbonyl (C=O) groups is 2. The summed E-state index contributed by atoms with van der Waals surface area (Å²) in [6.07, 6.45) is 6.81. The summed E-state index contributed by atoms with van der Waals surface area (Å²) in [7, 11) is 1.58.